The van der Waals surface area contributed by atoms with Gasteiger partial charge in [0.15, 0.2) is 6.29 Å². The second kappa shape index (κ2) is 4.08. The molecule has 0 bridgehead atoms. The van der Waals surface area contributed by atoms with Crippen molar-refractivity contribution < 1.29 is 28.2 Å². The molecule has 2 aromatic rings. The number of aliphatic hydroxyl groups is 1. The Hall–Kier alpha value is -2.34. The van der Waals surface area contributed by atoms with E-state index in [1.807, 2.05) is 0 Å². The highest BCUT2D eigenvalue weighted by Gasteiger charge is 2.61. The number of phenolic OH excluding ortho intramolecular Hbond substituents is 1. The molecule has 0 aromatic heterocycles. The van der Waals surface area contributed by atoms with Crippen LogP contribution < -0.4 is 0 Å². The van der Waals surface area contributed by atoms with Gasteiger partial charge in [-0.1, -0.05) is 24.3 Å². The van der Waals surface area contributed by atoms with Crippen molar-refractivity contribution in [3.63, 3.8) is 0 Å². The molecule has 0 aliphatic heterocycles. The molecule has 0 spiro atoms. The average Bonchev–Trinajstić information content (AvgIpc) is 2.69. The summed E-state index contributed by atoms with van der Waals surface area (Å²) in [7, 11) is 0. The number of aldehydes is 1. The third-order valence-electron chi connectivity index (χ3n) is 3.67. The minimum absolute atomic E-state index is 0.00164. The van der Waals surface area contributed by atoms with Gasteiger partial charge in [0, 0.05) is 16.7 Å². The van der Waals surface area contributed by atoms with Crippen molar-refractivity contribution in [2.45, 2.75) is 11.8 Å². The second-order valence-electron chi connectivity index (χ2n) is 4.83. The van der Waals surface area contributed by atoms with E-state index < -0.39 is 23.1 Å². The summed E-state index contributed by atoms with van der Waals surface area (Å²) in [6.07, 6.45) is -4.63. The Kier molecular flexibility index (Phi) is 2.65. The Labute approximate surface area is 117 Å². The molecule has 0 saturated heterocycles. The van der Waals surface area contributed by atoms with E-state index in [1.54, 1.807) is 0 Å². The molecule has 3 nitrogen and oxygen atoms in total. The van der Waals surface area contributed by atoms with E-state index in [0.29, 0.717) is 6.29 Å². The Morgan fingerprint density at radius 3 is 2.38 bits per heavy atom. The molecule has 0 heterocycles. The molecule has 0 radical (unpaired) electrons. The van der Waals surface area contributed by atoms with Gasteiger partial charge in [0.05, 0.1) is 0 Å². The van der Waals surface area contributed by atoms with Gasteiger partial charge in [0.2, 0.25) is 5.60 Å². The SMILES string of the molecule is O=Cc1cc(O)cc2c1-c1ccccc1C2(O)C(F)(F)F. The van der Waals surface area contributed by atoms with Crippen LogP contribution in [0.4, 0.5) is 13.2 Å². The Bertz CT molecular complexity index is 752. The zero-order chi connectivity index (χ0) is 15.4. The predicted molar refractivity (Wildman–Crippen MR) is 68.0 cm³/mol. The number of carbonyl (C=O) groups excluding carboxylic acids is 1. The fraction of sp³-hybridized carbons (Fsp3) is 0.133. The lowest BCUT2D eigenvalue weighted by atomic mass is 9.90. The summed E-state index contributed by atoms with van der Waals surface area (Å²) in [6, 6.07) is 7.38. The van der Waals surface area contributed by atoms with Gasteiger partial charge in [-0.15, -0.1) is 0 Å². The van der Waals surface area contributed by atoms with Gasteiger partial charge in [-0.25, -0.2) is 0 Å². The minimum Gasteiger partial charge on any atom is -0.508 e. The van der Waals surface area contributed by atoms with Crippen LogP contribution in [0, 0.1) is 0 Å². The lowest BCUT2D eigenvalue weighted by Crippen LogP contribution is -2.41. The van der Waals surface area contributed by atoms with Crippen molar-refractivity contribution in [3.05, 3.63) is 53.1 Å². The maximum Gasteiger partial charge on any atom is 0.425 e. The first-order valence-electron chi connectivity index (χ1n) is 6.02. The van der Waals surface area contributed by atoms with Gasteiger partial charge in [-0.2, -0.15) is 13.2 Å². The molecule has 1 aliphatic carbocycles. The van der Waals surface area contributed by atoms with Crippen LogP contribution in [0.2, 0.25) is 0 Å². The third kappa shape index (κ3) is 1.62. The molecule has 2 N–H and O–H groups in total. The summed E-state index contributed by atoms with van der Waals surface area (Å²) in [5.41, 5.74) is -4.08. The molecule has 0 amide bonds. The first kappa shape index (κ1) is 13.6. The normalized spacial score (nSPS) is 20.0. The number of hydrogen-bond donors (Lipinski definition) is 2. The van der Waals surface area contributed by atoms with E-state index in [1.165, 1.54) is 18.2 Å². The molecule has 0 fully saturated rings. The van der Waals surface area contributed by atoms with Crippen LogP contribution in [0.5, 0.6) is 5.75 Å². The maximum absolute atomic E-state index is 13.4. The van der Waals surface area contributed by atoms with Crippen molar-refractivity contribution in [2.24, 2.45) is 0 Å². The number of rotatable bonds is 1. The molecule has 3 rings (SSSR count). The van der Waals surface area contributed by atoms with E-state index in [-0.39, 0.29) is 22.3 Å². The van der Waals surface area contributed by atoms with Gasteiger partial charge in [0.1, 0.15) is 5.75 Å². The lowest BCUT2D eigenvalue weighted by molar-refractivity contribution is -0.246. The molecule has 6 heteroatoms. The minimum atomic E-state index is -4.98. The van der Waals surface area contributed by atoms with E-state index >= 15 is 0 Å². The van der Waals surface area contributed by atoms with Crippen LogP contribution in [-0.4, -0.2) is 22.7 Å². The van der Waals surface area contributed by atoms with E-state index in [0.717, 1.165) is 18.2 Å². The number of benzene rings is 2. The van der Waals surface area contributed by atoms with E-state index in [4.69, 9.17) is 0 Å². The van der Waals surface area contributed by atoms with Gasteiger partial charge < -0.3 is 10.2 Å². The maximum atomic E-state index is 13.4. The quantitative estimate of drug-likeness (QED) is 0.795. The molecule has 1 aliphatic rings. The number of aromatic hydroxyl groups is 1. The molecule has 2 aromatic carbocycles. The monoisotopic (exact) mass is 294 g/mol. The zero-order valence-corrected chi connectivity index (χ0v) is 10.5. The summed E-state index contributed by atoms with van der Waals surface area (Å²) in [6.45, 7) is 0. The Morgan fingerprint density at radius 2 is 1.76 bits per heavy atom. The summed E-state index contributed by atoms with van der Waals surface area (Å²) in [5, 5.41) is 19.9. The first-order chi connectivity index (χ1) is 9.80. The highest BCUT2D eigenvalue weighted by atomic mass is 19.4. The van der Waals surface area contributed by atoms with Crippen LogP contribution in [0.25, 0.3) is 11.1 Å². The number of alkyl halides is 3. The van der Waals surface area contributed by atoms with Crippen LogP contribution in [0.1, 0.15) is 21.5 Å². The highest BCUT2D eigenvalue weighted by molar-refractivity contribution is 5.94. The predicted octanol–water partition coefficient (Wildman–Crippen LogP) is 2.98. The molecular weight excluding hydrogens is 285 g/mol. The fourth-order valence-corrected chi connectivity index (χ4v) is 2.79. The van der Waals surface area contributed by atoms with Crippen molar-refractivity contribution in [3.8, 4) is 16.9 Å². The van der Waals surface area contributed by atoms with Crippen LogP contribution in [-0.2, 0) is 5.60 Å². The molecule has 0 saturated carbocycles. The van der Waals surface area contributed by atoms with Gasteiger partial charge in [-0.3, -0.25) is 4.79 Å². The summed E-state index contributed by atoms with van der Waals surface area (Å²) in [4.78, 5) is 11.1. The topological polar surface area (TPSA) is 57.5 Å². The van der Waals surface area contributed by atoms with Crippen molar-refractivity contribution >= 4 is 6.29 Å². The van der Waals surface area contributed by atoms with Gasteiger partial charge >= 0.3 is 6.18 Å². The van der Waals surface area contributed by atoms with Crippen LogP contribution >= 0.6 is 0 Å². The highest BCUT2D eigenvalue weighted by Crippen LogP contribution is 2.56. The van der Waals surface area contributed by atoms with Crippen molar-refractivity contribution in [1.29, 1.82) is 0 Å². The summed E-state index contributed by atoms with van der Waals surface area (Å²) >= 11 is 0. The molecule has 21 heavy (non-hydrogen) atoms. The number of fused-ring (bicyclic) bond motifs is 3. The first-order valence-corrected chi connectivity index (χ1v) is 6.02. The summed E-state index contributed by atoms with van der Waals surface area (Å²) < 4.78 is 40.3. The van der Waals surface area contributed by atoms with Crippen LogP contribution in [0.3, 0.4) is 0 Å². The smallest absolute Gasteiger partial charge is 0.425 e. The third-order valence-corrected chi connectivity index (χ3v) is 3.67. The van der Waals surface area contributed by atoms with E-state index in [2.05, 4.69) is 0 Å². The largest absolute Gasteiger partial charge is 0.508 e. The van der Waals surface area contributed by atoms with Crippen molar-refractivity contribution in [2.75, 3.05) is 0 Å². The Balaban J connectivity index is 2.49. The van der Waals surface area contributed by atoms with Gasteiger partial charge in [-0.05, 0) is 23.3 Å². The molecule has 108 valence electrons. The summed E-state index contributed by atoms with van der Waals surface area (Å²) in [5.74, 6) is -0.508. The number of carbonyl (C=O) groups is 1. The second-order valence-corrected chi connectivity index (χ2v) is 4.83. The van der Waals surface area contributed by atoms with Crippen LogP contribution in [0.15, 0.2) is 36.4 Å². The molecule has 1 atom stereocenters. The number of halogens is 3. The number of hydrogen-bond acceptors (Lipinski definition) is 3. The average molecular weight is 294 g/mol. The fourth-order valence-electron chi connectivity index (χ4n) is 2.79. The molecule has 1 unspecified atom stereocenters. The standard InChI is InChI=1S/C15H9F3O3/c16-15(17,18)14(21)11-4-2-1-3-10(11)13-8(7-19)5-9(20)6-12(13)14/h1-7,20-21H. The lowest BCUT2D eigenvalue weighted by Gasteiger charge is -2.28. The number of phenols is 1. The van der Waals surface area contributed by atoms with E-state index in [9.17, 15) is 28.2 Å². The van der Waals surface area contributed by atoms with Gasteiger partial charge in [0.25, 0.3) is 0 Å². The zero-order valence-electron chi connectivity index (χ0n) is 10.5. The molecular formula is C15H9F3O3. The Morgan fingerprint density at radius 1 is 1.10 bits per heavy atom. The van der Waals surface area contributed by atoms with Crippen molar-refractivity contribution in [1.82, 2.24) is 0 Å².